The first kappa shape index (κ1) is 17.5. The number of nitrogens with one attached hydrogen (secondary N) is 3. The lowest BCUT2D eigenvalue weighted by Gasteiger charge is -2.23. The SMILES string of the molecule is CC(C)(C)C(=O)NCc1ccc(C(=O)NC2CCNCC2)cc1. The van der Waals surface area contributed by atoms with Gasteiger partial charge < -0.3 is 16.0 Å². The van der Waals surface area contributed by atoms with E-state index in [1.165, 1.54) is 0 Å². The highest BCUT2D eigenvalue weighted by Gasteiger charge is 2.20. The fraction of sp³-hybridized carbons (Fsp3) is 0.556. The van der Waals surface area contributed by atoms with Gasteiger partial charge in [0.2, 0.25) is 5.91 Å². The molecule has 1 saturated heterocycles. The van der Waals surface area contributed by atoms with Crippen molar-refractivity contribution in [1.29, 1.82) is 0 Å². The maximum atomic E-state index is 12.2. The third-order valence-electron chi connectivity index (χ3n) is 4.02. The Labute approximate surface area is 138 Å². The lowest BCUT2D eigenvalue weighted by atomic mass is 9.95. The Morgan fingerprint density at radius 1 is 1.13 bits per heavy atom. The van der Waals surface area contributed by atoms with Crippen LogP contribution in [0.1, 0.15) is 49.5 Å². The first-order valence-corrected chi connectivity index (χ1v) is 8.25. The van der Waals surface area contributed by atoms with Crippen LogP contribution in [0.4, 0.5) is 0 Å². The molecular weight excluding hydrogens is 290 g/mol. The van der Waals surface area contributed by atoms with Crippen LogP contribution >= 0.6 is 0 Å². The van der Waals surface area contributed by atoms with Crippen molar-refractivity contribution in [2.24, 2.45) is 5.41 Å². The van der Waals surface area contributed by atoms with E-state index in [2.05, 4.69) is 16.0 Å². The zero-order valence-corrected chi connectivity index (χ0v) is 14.2. The fourth-order valence-electron chi connectivity index (χ4n) is 2.46. The molecule has 1 aromatic rings. The number of hydrogen-bond acceptors (Lipinski definition) is 3. The number of carbonyl (C=O) groups excluding carboxylic acids is 2. The monoisotopic (exact) mass is 317 g/mol. The molecule has 1 aliphatic heterocycles. The van der Waals surface area contributed by atoms with E-state index < -0.39 is 5.41 Å². The quantitative estimate of drug-likeness (QED) is 0.793. The molecule has 1 fully saturated rings. The van der Waals surface area contributed by atoms with Gasteiger partial charge in [0.1, 0.15) is 0 Å². The standard InChI is InChI=1S/C18H27N3O2/c1-18(2,3)17(23)20-12-13-4-6-14(7-5-13)16(22)21-15-8-10-19-11-9-15/h4-7,15,19H,8-12H2,1-3H3,(H,20,23)(H,21,22). The van der Waals surface area contributed by atoms with Gasteiger partial charge in [-0.05, 0) is 43.6 Å². The van der Waals surface area contributed by atoms with Crippen molar-refractivity contribution in [3.05, 3.63) is 35.4 Å². The molecule has 5 heteroatoms. The molecule has 0 bridgehead atoms. The molecule has 1 aromatic carbocycles. The van der Waals surface area contributed by atoms with Gasteiger partial charge in [0, 0.05) is 23.6 Å². The summed E-state index contributed by atoms with van der Waals surface area (Å²) in [5.74, 6) is -0.00703. The normalized spacial score (nSPS) is 16.0. The summed E-state index contributed by atoms with van der Waals surface area (Å²) < 4.78 is 0. The predicted molar refractivity (Wildman–Crippen MR) is 91.1 cm³/mol. The Balaban J connectivity index is 1.86. The van der Waals surface area contributed by atoms with E-state index in [9.17, 15) is 9.59 Å². The van der Waals surface area contributed by atoms with Gasteiger partial charge in [-0.1, -0.05) is 32.9 Å². The first-order valence-electron chi connectivity index (χ1n) is 8.25. The molecule has 2 rings (SSSR count). The molecule has 0 unspecified atom stereocenters. The molecule has 5 nitrogen and oxygen atoms in total. The van der Waals surface area contributed by atoms with Crippen molar-refractivity contribution >= 4 is 11.8 Å². The summed E-state index contributed by atoms with van der Waals surface area (Å²) in [6.45, 7) is 8.05. The number of rotatable bonds is 4. The average Bonchev–Trinajstić information content (AvgIpc) is 2.53. The summed E-state index contributed by atoms with van der Waals surface area (Å²) in [5, 5.41) is 9.27. The van der Waals surface area contributed by atoms with Gasteiger partial charge in [-0.25, -0.2) is 0 Å². The van der Waals surface area contributed by atoms with Gasteiger partial charge in [0.25, 0.3) is 5.91 Å². The second kappa shape index (κ2) is 7.59. The van der Waals surface area contributed by atoms with Gasteiger partial charge in [-0.15, -0.1) is 0 Å². The van der Waals surface area contributed by atoms with Gasteiger partial charge >= 0.3 is 0 Å². The van der Waals surface area contributed by atoms with Crippen LogP contribution in [0.25, 0.3) is 0 Å². The van der Waals surface area contributed by atoms with Crippen LogP contribution in [-0.4, -0.2) is 30.9 Å². The van der Waals surface area contributed by atoms with Crippen LogP contribution < -0.4 is 16.0 Å². The Bertz CT molecular complexity index is 540. The molecule has 126 valence electrons. The minimum Gasteiger partial charge on any atom is -0.352 e. The van der Waals surface area contributed by atoms with Crippen molar-refractivity contribution in [2.75, 3.05) is 13.1 Å². The number of hydrogen-bond donors (Lipinski definition) is 3. The van der Waals surface area contributed by atoms with Crippen molar-refractivity contribution in [3.63, 3.8) is 0 Å². The Morgan fingerprint density at radius 3 is 2.30 bits per heavy atom. The van der Waals surface area contributed by atoms with Gasteiger partial charge in [-0.2, -0.15) is 0 Å². The van der Waals surface area contributed by atoms with Gasteiger partial charge in [-0.3, -0.25) is 9.59 Å². The van der Waals surface area contributed by atoms with Crippen LogP contribution in [0.5, 0.6) is 0 Å². The summed E-state index contributed by atoms with van der Waals surface area (Å²) in [6.07, 6.45) is 1.95. The van der Waals surface area contributed by atoms with E-state index in [1.54, 1.807) is 0 Å². The third-order valence-corrected chi connectivity index (χ3v) is 4.02. The summed E-state index contributed by atoms with van der Waals surface area (Å²) in [4.78, 5) is 24.1. The summed E-state index contributed by atoms with van der Waals surface area (Å²) >= 11 is 0. The molecule has 0 saturated carbocycles. The Kier molecular flexibility index (Phi) is 5.77. The number of benzene rings is 1. The number of carbonyl (C=O) groups is 2. The second-order valence-corrected chi connectivity index (χ2v) is 7.13. The van der Waals surface area contributed by atoms with Crippen molar-refractivity contribution in [3.8, 4) is 0 Å². The maximum Gasteiger partial charge on any atom is 0.251 e. The number of amides is 2. The highest BCUT2D eigenvalue weighted by atomic mass is 16.2. The molecule has 3 N–H and O–H groups in total. The number of piperidine rings is 1. The maximum absolute atomic E-state index is 12.2. The van der Waals surface area contributed by atoms with E-state index in [1.807, 2.05) is 45.0 Å². The van der Waals surface area contributed by atoms with E-state index in [0.29, 0.717) is 12.1 Å². The average molecular weight is 317 g/mol. The fourth-order valence-corrected chi connectivity index (χ4v) is 2.46. The van der Waals surface area contributed by atoms with Crippen LogP contribution in [-0.2, 0) is 11.3 Å². The predicted octanol–water partition coefficient (Wildman–Crippen LogP) is 1.83. The summed E-state index contributed by atoms with van der Waals surface area (Å²) in [7, 11) is 0. The minimum absolute atomic E-state index is 0.0187. The van der Waals surface area contributed by atoms with Crippen molar-refractivity contribution < 1.29 is 9.59 Å². The van der Waals surface area contributed by atoms with E-state index in [-0.39, 0.29) is 17.9 Å². The molecular formula is C18H27N3O2. The third kappa shape index (κ3) is 5.36. The lowest BCUT2D eigenvalue weighted by Crippen LogP contribution is -2.42. The van der Waals surface area contributed by atoms with E-state index in [4.69, 9.17) is 0 Å². The largest absolute Gasteiger partial charge is 0.352 e. The Hall–Kier alpha value is -1.88. The molecule has 0 spiro atoms. The second-order valence-electron chi connectivity index (χ2n) is 7.13. The molecule has 2 amide bonds. The molecule has 1 aliphatic rings. The molecule has 23 heavy (non-hydrogen) atoms. The molecule has 0 radical (unpaired) electrons. The highest BCUT2D eigenvalue weighted by Crippen LogP contribution is 2.13. The van der Waals surface area contributed by atoms with Crippen LogP contribution in [0.3, 0.4) is 0 Å². The van der Waals surface area contributed by atoms with Crippen molar-refractivity contribution in [2.45, 2.75) is 46.2 Å². The van der Waals surface area contributed by atoms with E-state index in [0.717, 1.165) is 31.5 Å². The zero-order valence-electron chi connectivity index (χ0n) is 14.2. The molecule has 0 aromatic heterocycles. The van der Waals surface area contributed by atoms with Gasteiger partial charge in [0.15, 0.2) is 0 Å². The Morgan fingerprint density at radius 2 is 1.74 bits per heavy atom. The van der Waals surface area contributed by atoms with Crippen LogP contribution in [0, 0.1) is 5.41 Å². The summed E-state index contributed by atoms with van der Waals surface area (Å²) in [6, 6.07) is 7.67. The lowest BCUT2D eigenvalue weighted by molar-refractivity contribution is -0.128. The van der Waals surface area contributed by atoms with Gasteiger partial charge in [0.05, 0.1) is 0 Å². The molecule has 0 atom stereocenters. The zero-order chi connectivity index (χ0) is 16.9. The van der Waals surface area contributed by atoms with E-state index >= 15 is 0 Å². The smallest absolute Gasteiger partial charge is 0.251 e. The van der Waals surface area contributed by atoms with Crippen LogP contribution in [0.15, 0.2) is 24.3 Å². The highest BCUT2D eigenvalue weighted by molar-refractivity contribution is 5.94. The first-order chi connectivity index (χ1) is 10.9. The summed E-state index contributed by atoms with van der Waals surface area (Å²) in [5.41, 5.74) is 1.25. The minimum atomic E-state index is -0.394. The topological polar surface area (TPSA) is 70.2 Å². The van der Waals surface area contributed by atoms with Crippen LogP contribution in [0.2, 0.25) is 0 Å². The van der Waals surface area contributed by atoms with Crippen molar-refractivity contribution in [1.82, 2.24) is 16.0 Å². The molecule has 1 heterocycles. The molecule has 0 aliphatic carbocycles.